The molecule has 3 aromatic rings. The molecule has 0 spiro atoms. The minimum absolute atomic E-state index is 0.677. The number of rotatable bonds is 2. The largest absolute Gasteiger partial charge is 0.411 e. The Kier molecular flexibility index (Phi) is 3.49. The molecule has 3 nitrogen and oxygen atoms in total. The van der Waals surface area contributed by atoms with Crippen LogP contribution in [0.4, 0.5) is 0 Å². The zero-order valence-electron chi connectivity index (χ0n) is 14.0. The van der Waals surface area contributed by atoms with E-state index in [1.54, 1.807) is 0 Å². The summed E-state index contributed by atoms with van der Waals surface area (Å²) in [4.78, 5) is 0. The van der Waals surface area contributed by atoms with Gasteiger partial charge < -0.3 is 9.77 Å². The topological polar surface area (TPSA) is 37.5 Å². The van der Waals surface area contributed by atoms with Crippen molar-refractivity contribution in [3.05, 3.63) is 77.0 Å². The van der Waals surface area contributed by atoms with E-state index in [9.17, 15) is 5.21 Å². The molecule has 0 saturated heterocycles. The fraction of sp³-hybridized carbons (Fsp3) is 0.190. The fourth-order valence-electron chi connectivity index (χ4n) is 3.68. The number of oxime groups is 1. The Hall–Kier alpha value is -2.81. The quantitative estimate of drug-likeness (QED) is 0.412. The van der Waals surface area contributed by atoms with E-state index in [0.29, 0.717) is 5.71 Å². The molecule has 1 aliphatic rings. The van der Waals surface area contributed by atoms with Crippen molar-refractivity contribution in [3.8, 4) is 0 Å². The molecule has 4 rings (SSSR count). The lowest BCUT2D eigenvalue weighted by atomic mass is 9.99. The SMILES string of the molecule is C/C(=N\O)c1c2n(c3ccc(C)cc13)CC(c1ccccc1)=CC2. The van der Waals surface area contributed by atoms with E-state index in [1.165, 1.54) is 33.3 Å². The van der Waals surface area contributed by atoms with Crippen LogP contribution < -0.4 is 0 Å². The van der Waals surface area contributed by atoms with Crippen molar-refractivity contribution in [2.24, 2.45) is 5.16 Å². The van der Waals surface area contributed by atoms with Crippen LogP contribution in [0.15, 0.2) is 59.8 Å². The van der Waals surface area contributed by atoms with Gasteiger partial charge in [-0.2, -0.15) is 0 Å². The number of hydrogen-bond acceptors (Lipinski definition) is 2. The third-order valence-corrected chi connectivity index (χ3v) is 4.85. The van der Waals surface area contributed by atoms with Crippen LogP contribution in [0.25, 0.3) is 16.5 Å². The molecule has 0 radical (unpaired) electrons. The highest BCUT2D eigenvalue weighted by atomic mass is 16.4. The summed E-state index contributed by atoms with van der Waals surface area (Å²) in [5, 5.41) is 14.0. The van der Waals surface area contributed by atoms with Crippen molar-refractivity contribution in [1.29, 1.82) is 0 Å². The molecule has 0 aliphatic carbocycles. The summed E-state index contributed by atoms with van der Waals surface area (Å²) in [6, 6.07) is 17.0. The molecule has 24 heavy (non-hydrogen) atoms. The van der Waals surface area contributed by atoms with E-state index >= 15 is 0 Å². The van der Waals surface area contributed by atoms with E-state index < -0.39 is 0 Å². The summed E-state index contributed by atoms with van der Waals surface area (Å²) in [5.41, 5.74) is 8.00. The Morgan fingerprint density at radius 3 is 2.67 bits per heavy atom. The minimum atomic E-state index is 0.677. The van der Waals surface area contributed by atoms with Gasteiger partial charge in [0.15, 0.2) is 0 Å². The molecule has 0 saturated carbocycles. The van der Waals surface area contributed by atoms with Gasteiger partial charge >= 0.3 is 0 Å². The first-order chi connectivity index (χ1) is 11.7. The normalized spacial score (nSPS) is 14.6. The molecule has 0 fully saturated rings. The molecule has 1 aromatic heterocycles. The number of allylic oxidation sites excluding steroid dienone is 2. The first-order valence-corrected chi connectivity index (χ1v) is 8.24. The van der Waals surface area contributed by atoms with Gasteiger partial charge in [-0.3, -0.25) is 0 Å². The Morgan fingerprint density at radius 2 is 1.92 bits per heavy atom. The van der Waals surface area contributed by atoms with Crippen LogP contribution in [-0.4, -0.2) is 15.5 Å². The number of benzene rings is 2. The second kappa shape index (κ2) is 5.68. The van der Waals surface area contributed by atoms with E-state index in [2.05, 4.69) is 65.2 Å². The summed E-state index contributed by atoms with van der Waals surface area (Å²) >= 11 is 0. The van der Waals surface area contributed by atoms with E-state index in [0.717, 1.165) is 18.5 Å². The number of aryl methyl sites for hydroxylation is 1. The zero-order valence-corrected chi connectivity index (χ0v) is 14.0. The fourth-order valence-corrected chi connectivity index (χ4v) is 3.68. The highest BCUT2D eigenvalue weighted by Gasteiger charge is 2.22. The first kappa shape index (κ1) is 14.8. The monoisotopic (exact) mass is 316 g/mol. The lowest BCUT2D eigenvalue weighted by molar-refractivity contribution is 0.319. The van der Waals surface area contributed by atoms with Gasteiger partial charge in [0.05, 0.1) is 5.71 Å². The Balaban J connectivity index is 1.91. The van der Waals surface area contributed by atoms with Gasteiger partial charge in [0.2, 0.25) is 0 Å². The Bertz CT molecular complexity index is 978. The molecule has 3 heteroatoms. The van der Waals surface area contributed by atoms with Crippen LogP contribution in [0, 0.1) is 6.92 Å². The summed E-state index contributed by atoms with van der Waals surface area (Å²) in [6.45, 7) is 4.81. The summed E-state index contributed by atoms with van der Waals surface area (Å²) in [6.07, 6.45) is 3.14. The highest BCUT2D eigenvalue weighted by Crippen LogP contribution is 2.34. The molecular weight excluding hydrogens is 296 g/mol. The number of aromatic nitrogens is 1. The molecule has 1 N–H and O–H groups in total. The third kappa shape index (κ3) is 2.24. The molecular formula is C21H20N2O. The predicted octanol–water partition coefficient (Wildman–Crippen LogP) is 4.79. The molecule has 0 bridgehead atoms. The second-order valence-corrected chi connectivity index (χ2v) is 6.41. The minimum Gasteiger partial charge on any atom is -0.411 e. The van der Waals surface area contributed by atoms with Gasteiger partial charge in [-0.05, 0) is 37.1 Å². The summed E-state index contributed by atoms with van der Waals surface area (Å²) in [5.74, 6) is 0. The highest BCUT2D eigenvalue weighted by molar-refractivity contribution is 6.11. The maximum Gasteiger partial charge on any atom is 0.0861 e. The van der Waals surface area contributed by atoms with Crippen molar-refractivity contribution >= 4 is 22.2 Å². The molecule has 2 aromatic carbocycles. The lowest BCUT2D eigenvalue weighted by Gasteiger charge is -2.19. The maximum atomic E-state index is 9.33. The van der Waals surface area contributed by atoms with Crippen LogP contribution in [-0.2, 0) is 13.0 Å². The van der Waals surface area contributed by atoms with Crippen LogP contribution in [0.1, 0.15) is 29.3 Å². The second-order valence-electron chi connectivity index (χ2n) is 6.41. The van der Waals surface area contributed by atoms with Gasteiger partial charge in [0.1, 0.15) is 0 Å². The van der Waals surface area contributed by atoms with Crippen LogP contribution in [0.5, 0.6) is 0 Å². The van der Waals surface area contributed by atoms with Crippen molar-refractivity contribution < 1.29 is 5.21 Å². The van der Waals surface area contributed by atoms with E-state index in [1.807, 2.05) is 13.0 Å². The zero-order chi connectivity index (χ0) is 16.7. The van der Waals surface area contributed by atoms with E-state index in [-0.39, 0.29) is 0 Å². The van der Waals surface area contributed by atoms with Crippen molar-refractivity contribution in [2.75, 3.05) is 0 Å². The Morgan fingerprint density at radius 1 is 1.12 bits per heavy atom. The molecule has 1 aliphatic heterocycles. The van der Waals surface area contributed by atoms with Crippen molar-refractivity contribution in [2.45, 2.75) is 26.8 Å². The van der Waals surface area contributed by atoms with Gasteiger partial charge in [0.25, 0.3) is 0 Å². The first-order valence-electron chi connectivity index (χ1n) is 8.24. The molecule has 120 valence electrons. The average molecular weight is 316 g/mol. The van der Waals surface area contributed by atoms with Crippen molar-refractivity contribution in [1.82, 2.24) is 4.57 Å². The van der Waals surface area contributed by atoms with Crippen LogP contribution in [0.3, 0.4) is 0 Å². The van der Waals surface area contributed by atoms with Crippen LogP contribution in [0.2, 0.25) is 0 Å². The molecule has 0 unspecified atom stereocenters. The smallest absolute Gasteiger partial charge is 0.0861 e. The predicted molar refractivity (Wildman–Crippen MR) is 98.8 cm³/mol. The molecule has 0 amide bonds. The number of nitrogens with zero attached hydrogens (tertiary/aromatic N) is 2. The maximum absolute atomic E-state index is 9.33. The van der Waals surface area contributed by atoms with Crippen LogP contribution >= 0.6 is 0 Å². The number of hydrogen-bond donors (Lipinski definition) is 1. The number of fused-ring (bicyclic) bond motifs is 3. The Labute approximate surface area is 141 Å². The van der Waals surface area contributed by atoms with E-state index in [4.69, 9.17) is 0 Å². The van der Waals surface area contributed by atoms with Gasteiger partial charge in [-0.25, -0.2) is 0 Å². The standard InChI is InChI=1S/C21H20N2O/c1-14-8-10-19-18(12-14)21(15(2)22-24)20-11-9-17(13-23(19)20)16-6-4-3-5-7-16/h3-10,12,24H,11,13H2,1-2H3/b22-15+. The van der Waals surface area contributed by atoms with Gasteiger partial charge in [0, 0.05) is 35.1 Å². The third-order valence-electron chi connectivity index (χ3n) is 4.85. The van der Waals surface area contributed by atoms with Gasteiger partial charge in [-0.15, -0.1) is 0 Å². The lowest BCUT2D eigenvalue weighted by Crippen LogP contribution is -2.12. The molecule has 2 heterocycles. The average Bonchev–Trinajstić information content (AvgIpc) is 2.94. The summed E-state index contributed by atoms with van der Waals surface area (Å²) in [7, 11) is 0. The molecule has 0 atom stereocenters. The summed E-state index contributed by atoms with van der Waals surface area (Å²) < 4.78 is 2.36. The van der Waals surface area contributed by atoms with Crippen molar-refractivity contribution in [3.63, 3.8) is 0 Å². The van der Waals surface area contributed by atoms with Gasteiger partial charge in [-0.1, -0.05) is 53.2 Å².